The Morgan fingerprint density at radius 1 is 1.07 bits per heavy atom. The summed E-state index contributed by atoms with van der Waals surface area (Å²) in [5.74, 6) is 1.65. The van der Waals surface area contributed by atoms with Gasteiger partial charge in [-0.15, -0.1) is 0 Å². The monoisotopic (exact) mass is 406 g/mol. The summed E-state index contributed by atoms with van der Waals surface area (Å²) >= 11 is 0. The first-order valence-electron chi connectivity index (χ1n) is 9.97. The van der Waals surface area contributed by atoms with Crippen LogP contribution in [0.3, 0.4) is 0 Å². The second-order valence-electron chi connectivity index (χ2n) is 7.39. The molecule has 156 valence electrons. The number of nitrogens with one attached hydrogen (secondary N) is 1. The van der Waals surface area contributed by atoms with Crippen LogP contribution in [0.5, 0.6) is 17.2 Å². The Labute approximate surface area is 176 Å². The molecule has 0 spiro atoms. The van der Waals surface area contributed by atoms with Crippen LogP contribution >= 0.6 is 0 Å². The van der Waals surface area contributed by atoms with E-state index < -0.39 is 0 Å². The normalized spacial score (nSPS) is 13.6. The molecule has 1 amide bonds. The Kier molecular flexibility index (Phi) is 5.65. The van der Waals surface area contributed by atoms with Crippen LogP contribution in [0, 0.1) is 0 Å². The molecule has 6 heteroatoms. The average molecular weight is 406 g/mol. The molecule has 0 atom stereocenters. The summed E-state index contributed by atoms with van der Waals surface area (Å²) in [5.41, 5.74) is 3.04. The molecule has 1 saturated carbocycles. The van der Waals surface area contributed by atoms with Crippen molar-refractivity contribution in [3.8, 4) is 17.2 Å². The maximum atomic E-state index is 13.0. The van der Waals surface area contributed by atoms with Gasteiger partial charge in [0.15, 0.2) is 11.5 Å². The summed E-state index contributed by atoms with van der Waals surface area (Å²) in [6.07, 6.45) is 7.44. The van der Waals surface area contributed by atoms with Crippen molar-refractivity contribution in [2.75, 3.05) is 21.3 Å². The zero-order chi connectivity index (χ0) is 21.1. The fourth-order valence-corrected chi connectivity index (χ4v) is 3.63. The number of carbonyl (C=O) groups is 1. The highest BCUT2D eigenvalue weighted by Crippen LogP contribution is 2.38. The van der Waals surface area contributed by atoms with Gasteiger partial charge in [0.05, 0.1) is 21.3 Å². The van der Waals surface area contributed by atoms with Gasteiger partial charge in [-0.25, -0.2) is 0 Å². The van der Waals surface area contributed by atoms with E-state index in [0.717, 1.165) is 34.9 Å². The van der Waals surface area contributed by atoms with Gasteiger partial charge in [0.25, 0.3) is 0 Å². The van der Waals surface area contributed by atoms with Crippen LogP contribution in [0.1, 0.15) is 24.0 Å². The summed E-state index contributed by atoms with van der Waals surface area (Å²) in [6.45, 7) is 0.601. The van der Waals surface area contributed by atoms with E-state index >= 15 is 0 Å². The molecule has 1 N–H and O–H groups in total. The summed E-state index contributed by atoms with van der Waals surface area (Å²) in [6, 6.07) is 12.3. The molecule has 1 heterocycles. The minimum absolute atomic E-state index is 0.000386. The minimum atomic E-state index is 0.000386. The number of nitrogens with zero attached hydrogens (tertiary/aromatic N) is 1. The lowest BCUT2D eigenvalue weighted by Crippen LogP contribution is -2.31. The van der Waals surface area contributed by atoms with Crippen molar-refractivity contribution < 1.29 is 19.0 Å². The van der Waals surface area contributed by atoms with Crippen molar-refractivity contribution in [3.05, 3.63) is 59.8 Å². The standard InChI is InChI=1S/C24H26N2O4/c1-28-21-13-16(14-22(29-2)24(21)30-3)5-9-23(27)26(19-6-7-19)15-17-4-8-20-18(12-17)10-11-25-20/h4-5,8-14,19,25H,6-7,15H2,1-3H3/b9-5+. The van der Waals surface area contributed by atoms with E-state index in [0.29, 0.717) is 29.8 Å². The van der Waals surface area contributed by atoms with E-state index in [9.17, 15) is 4.79 Å². The molecule has 0 unspecified atom stereocenters. The number of aromatic amines is 1. The highest BCUT2D eigenvalue weighted by molar-refractivity contribution is 5.92. The third-order valence-corrected chi connectivity index (χ3v) is 5.35. The number of hydrogen-bond donors (Lipinski definition) is 1. The first-order valence-corrected chi connectivity index (χ1v) is 9.97. The maximum Gasteiger partial charge on any atom is 0.247 e. The zero-order valence-electron chi connectivity index (χ0n) is 17.5. The Morgan fingerprint density at radius 3 is 2.43 bits per heavy atom. The van der Waals surface area contributed by atoms with Gasteiger partial charge in [0, 0.05) is 30.4 Å². The SMILES string of the molecule is COc1cc(/C=C/C(=O)N(Cc2ccc3[nH]ccc3c2)C2CC2)cc(OC)c1OC. The number of H-pyrrole nitrogens is 1. The van der Waals surface area contributed by atoms with Crippen LogP contribution in [0.4, 0.5) is 0 Å². The number of rotatable bonds is 8. The van der Waals surface area contributed by atoms with Crippen molar-refractivity contribution in [3.63, 3.8) is 0 Å². The van der Waals surface area contributed by atoms with E-state index in [1.807, 2.05) is 29.3 Å². The van der Waals surface area contributed by atoms with Gasteiger partial charge in [0.1, 0.15) is 0 Å². The predicted octanol–water partition coefficient (Wildman–Crippen LogP) is 4.40. The largest absolute Gasteiger partial charge is 0.493 e. The molecule has 1 aromatic heterocycles. The minimum Gasteiger partial charge on any atom is -0.493 e. The molecule has 1 fully saturated rings. The fraction of sp³-hybridized carbons (Fsp3) is 0.292. The first kappa shape index (κ1) is 19.9. The van der Waals surface area contributed by atoms with Crippen molar-refractivity contribution in [1.29, 1.82) is 0 Å². The van der Waals surface area contributed by atoms with E-state index in [2.05, 4.69) is 23.2 Å². The quantitative estimate of drug-likeness (QED) is 0.563. The number of amides is 1. The van der Waals surface area contributed by atoms with Gasteiger partial charge < -0.3 is 24.1 Å². The maximum absolute atomic E-state index is 13.0. The third kappa shape index (κ3) is 4.13. The highest BCUT2D eigenvalue weighted by atomic mass is 16.5. The number of aromatic nitrogens is 1. The third-order valence-electron chi connectivity index (χ3n) is 5.35. The average Bonchev–Trinajstić information content (AvgIpc) is 3.51. The first-order chi connectivity index (χ1) is 14.6. The van der Waals surface area contributed by atoms with Crippen molar-refractivity contribution in [1.82, 2.24) is 9.88 Å². The second kappa shape index (κ2) is 8.53. The molecule has 0 radical (unpaired) electrons. The van der Waals surface area contributed by atoms with Gasteiger partial charge in [-0.3, -0.25) is 4.79 Å². The lowest BCUT2D eigenvalue weighted by Gasteiger charge is -2.21. The van der Waals surface area contributed by atoms with Crippen LogP contribution in [-0.4, -0.2) is 43.2 Å². The van der Waals surface area contributed by atoms with Crippen LogP contribution < -0.4 is 14.2 Å². The number of methoxy groups -OCH3 is 3. The lowest BCUT2D eigenvalue weighted by molar-refractivity contribution is -0.127. The Hall–Kier alpha value is -3.41. The molecule has 3 aromatic rings. The molecule has 6 nitrogen and oxygen atoms in total. The molecule has 1 aliphatic rings. The number of carbonyl (C=O) groups excluding carboxylic acids is 1. The van der Waals surface area contributed by atoms with E-state index in [1.54, 1.807) is 33.5 Å². The summed E-state index contributed by atoms with van der Waals surface area (Å²) in [5, 5.41) is 1.16. The number of ether oxygens (including phenoxy) is 3. The van der Waals surface area contributed by atoms with Gasteiger partial charge in [-0.2, -0.15) is 0 Å². The molecule has 0 saturated heterocycles. The molecule has 1 aliphatic carbocycles. The van der Waals surface area contributed by atoms with E-state index in [-0.39, 0.29) is 5.91 Å². The molecular formula is C24H26N2O4. The number of hydrogen-bond acceptors (Lipinski definition) is 4. The molecular weight excluding hydrogens is 380 g/mol. The topological polar surface area (TPSA) is 63.8 Å². The Bertz CT molecular complexity index is 1060. The summed E-state index contributed by atoms with van der Waals surface area (Å²) in [7, 11) is 4.72. The molecule has 0 aliphatic heterocycles. The Balaban J connectivity index is 1.54. The van der Waals surface area contributed by atoms with Crippen LogP contribution in [0.15, 0.2) is 48.7 Å². The number of benzene rings is 2. The number of fused-ring (bicyclic) bond motifs is 1. The zero-order valence-corrected chi connectivity index (χ0v) is 17.5. The molecule has 2 aromatic carbocycles. The second-order valence-corrected chi connectivity index (χ2v) is 7.39. The summed E-state index contributed by atoms with van der Waals surface area (Å²) < 4.78 is 16.1. The molecule has 30 heavy (non-hydrogen) atoms. The van der Waals surface area contributed by atoms with Crippen LogP contribution in [0.2, 0.25) is 0 Å². The van der Waals surface area contributed by atoms with Gasteiger partial charge in [-0.1, -0.05) is 6.07 Å². The van der Waals surface area contributed by atoms with E-state index in [4.69, 9.17) is 14.2 Å². The van der Waals surface area contributed by atoms with Crippen molar-refractivity contribution in [2.24, 2.45) is 0 Å². The van der Waals surface area contributed by atoms with Gasteiger partial charge in [-0.05, 0) is 65.8 Å². The predicted molar refractivity (Wildman–Crippen MR) is 117 cm³/mol. The van der Waals surface area contributed by atoms with Gasteiger partial charge >= 0.3 is 0 Å². The molecule has 4 rings (SSSR count). The summed E-state index contributed by atoms with van der Waals surface area (Å²) in [4.78, 5) is 18.1. The smallest absolute Gasteiger partial charge is 0.247 e. The highest BCUT2D eigenvalue weighted by Gasteiger charge is 2.31. The Morgan fingerprint density at radius 2 is 1.80 bits per heavy atom. The van der Waals surface area contributed by atoms with Crippen LogP contribution in [0.25, 0.3) is 17.0 Å². The fourth-order valence-electron chi connectivity index (χ4n) is 3.63. The lowest BCUT2D eigenvalue weighted by atomic mass is 10.1. The molecule has 0 bridgehead atoms. The van der Waals surface area contributed by atoms with Gasteiger partial charge in [0.2, 0.25) is 11.7 Å². The van der Waals surface area contributed by atoms with Crippen LogP contribution in [-0.2, 0) is 11.3 Å². The van der Waals surface area contributed by atoms with Crippen molar-refractivity contribution >= 4 is 22.9 Å². The van der Waals surface area contributed by atoms with E-state index in [1.165, 1.54) is 0 Å². The van der Waals surface area contributed by atoms with Crippen molar-refractivity contribution in [2.45, 2.75) is 25.4 Å².